The zero-order valence-electron chi connectivity index (χ0n) is 9.97. The number of aromatic nitrogens is 2. The first kappa shape index (κ1) is 12.8. The van der Waals surface area contributed by atoms with Crippen LogP contribution in [0.3, 0.4) is 0 Å². The van der Waals surface area contributed by atoms with Gasteiger partial charge in [-0.3, -0.25) is 0 Å². The maximum absolute atomic E-state index is 14.1. The second kappa shape index (κ2) is 4.72. The number of nitrogens with one attached hydrogen (secondary N) is 1. The van der Waals surface area contributed by atoms with Gasteiger partial charge in [-0.1, -0.05) is 22.0 Å². The van der Waals surface area contributed by atoms with Gasteiger partial charge in [0.2, 0.25) is 0 Å². The summed E-state index contributed by atoms with van der Waals surface area (Å²) in [4.78, 5) is 7.65. The number of hydrogen-bond donors (Lipinski definition) is 1. The number of hydrogen-bond acceptors (Lipinski definition) is 1. The van der Waals surface area contributed by atoms with Crippen LogP contribution in [0.2, 0.25) is 0 Å². The van der Waals surface area contributed by atoms with Crippen molar-refractivity contribution in [2.45, 2.75) is 6.92 Å². The van der Waals surface area contributed by atoms with Crippen molar-refractivity contribution in [3.05, 3.63) is 50.7 Å². The molecule has 2 aromatic carbocycles. The molecule has 19 heavy (non-hydrogen) atoms. The molecular weight excluding hydrogens is 375 g/mol. The molecule has 96 valence electrons. The van der Waals surface area contributed by atoms with E-state index in [1.54, 1.807) is 18.2 Å². The van der Waals surface area contributed by atoms with Crippen molar-refractivity contribution in [3.8, 4) is 11.4 Å². The molecule has 0 aliphatic carbocycles. The lowest BCUT2D eigenvalue weighted by molar-refractivity contribution is 0.623. The number of imidazole rings is 1. The van der Waals surface area contributed by atoms with E-state index in [0.717, 1.165) is 21.1 Å². The van der Waals surface area contributed by atoms with Crippen molar-refractivity contribution >= 4 is 42.9 Å². The minimum atomic E-state index is -0.307. The van der Waals surface area contributed by atoms with E-state index in [9.17, 15) is 4.39 Å². The number of benzene rings is 2. The first-order valence-corrected chi connectivity index (χ1v) is 7.25. The van der Waals surface area contributed by atoms with Crippen LogP contribution in [0.4, 0.5) is 4.39 Å². The topological polar surface area (TPSA) is 28.7 Å². The monoisotopic (exact) mass is 382 g/mol. The zero-order chi connectivity index (χ0) is 13.6. The fraction of sp³-hybridized carbons (Fsp3) is 0.0714. The molecule has 1 aromatic heterocycles. The number of rotatable bonds is 1. The molecule has 0 atom stereocenters. The summed E-state index contributed by atoms with van der Waals surface area (Å²) in [6.07, 6.45) is 0. The normalized spacial score (nSPS) is 11.2. The summed E-state index contributed by atoms with van der Waals surface area (Å²) in [6.45, 7) is 1.98. The van der Waals surface area contributed by atoms with Crippen LogP contribution in [0, 0.1) is 12.7 Å². The van der Waals surface area contributed by atoms with Crippen LogP contribution in [0.5, 0.6) is 0 Å². The number of aromatic amines is 1. The van der Waals surface area contributed by atoms with Crippen molar-refractivity contribution in [2.75, 3.05) is 0 Å². The molecule has 1 heterocycles. The predicted octanol–water partition coefficient (Wildman–Crippen LogP) is 5.20. The Labute approximate surface area is 126 Å². The number of fused-ring (bicyclic) bond motifs is 1. The van der Waals surface area contributed by atoms with Gasteiger partial charge in [0, 0.05) is 4.47 Å². The van der Waals surface area contributed by atoms with E-state index in [1.807, 2.05) is 19.1 Å². The van der Waals surface area contributed by atoms with E-state index in [1.165, 1.54) is 0 Å². The largest absolute Gasteiger partial charge is 0.338 e. The molecule has 0 radical (unpaired) electrons. The molecule has 0 aliphatic rings. The number of aryl methyl sites for hydroxylation is 1. The van der Waals surface area contributed by atoms with Crippen LogP contribution in [-0.2, 0) is 0 Å². The highest BCUT2D eigenvalue weighted by atomic mass is 79.9. The molecule has 0 aliphatic heterocycles. The van der Waals surface area contributed by atoms with E-state index >= 15 is 0 Å². The molecule has 0 unspecified atom stereocenters. The molecule has 2 nitrogen and oxygen atoms in total. The summed E-state index contributed by atoms with van der Waals surface area (Å²) in [5, 5.41) is 0. The first-order chi connectivity index (χ1) is 9.06. The van der Waals surface area contributed by atoms with Gasteiger partial charge in [0.05, 0.1) is 21.1 Å². The van der Waals surface area contributed by atoms with Crippen molar-refractivity contribution in [1.82, 2.24) is 9.97 Å². The third-order valence-corrected chi connectivity index (χ3v) is 4.02. The molecule has 0 bridgehead atoms. The van der Waals surface area contributed by atoms with Gasteiger partial charge >= 0.3 is 0 Å². The summed E-state index contributed by atoms with van der Waals surface area (Å²) in [6, 6.07) is 9.10. The predicted molar refractivity (Wildman–Crippen MR) is 81.6 cm³/mol. The Morgan fingerprint density at radius 3 is 2.79 bits per heavy atom. The van der Waals surface area contributed by atoms with Crippen molar-refractivity contribution in [1.29, 1.82) is 0 Å². The Balaban J connectivity index is 2.26. The smallest absolute Gasteiger partial charge is 0.148 e. The van der Waals surface area contributed by atoms with E-state index < -0.39 is 0 Å². The van der Waals surface area contributed by atoms with Crippen LogP contribution in [0.15, 0.2) is 39.3 Å². The quantitative estimate of drug-likeness (QED) is 0.614. The summed E-state index contributed by atoms with van der Waals surface area (Å²) < 4.78 is 15.5. The molecule has 3 aromatic rings. The molecule has 0 spiro atoms. The minimum absolute atomic E-state index is 0.307. The van der Waals surface area contributed by atoms with Gasteiger partial charge in [0.25, 0.3) is 0 Å². The number of halogens is 3. The van der Waals surface area contributed by atoms with E-state index in [-0.39, 0.29) is 5.82 Å². The number of nitrogens with zero attached hydrogens (tertiary/aromatic N) is 1. The lowest BCUT2D eigenvalue weighted by Crippen LogP contribution is -1.87. The fourth-order valence-corrected chi connectivity index (χ4v) is 3.00. The van der Waals surface area contributed by atoms with Gasteiger partial charge < -0.3 is 4.98 Å². The van der Waals surface area contributed by atoms with Crippen LogP contribution >= 0.6 is 31.9 Å². The summed E-state index contributed by atoms with van der Waals surface area (Å²) in [5.74, 6) is 0.230. The van der Waals surface area contributed by atoms with E-state index in [0.29, 0.717) is 15.9 Å². The van der Waals surface area contributed by atoms with Gasteiger partial charge in [-0.15, -0.1) is 0 Å². The third-order valence-electron chi connectivity index (χ3n) is 2.95. The molecule has 1 N–H and O–H groups in total. The molecule has 5 heteroatoms. The number of H-pyrrole nitrogens is 1. The van der Waals surface area contributed by atoms with Gasteiger partial charge in [-0.2, -0.15) is 0 Å². The average Bonchev–Trinajstić information content (AvgIpc) is 2.76. The summed E-state index contributed by atoms with van der Waals surface area (Å²) >= 11 is 6.63. The molecular formula is C14H9Br2FN2. The SMILES string of the molecule is Cc1cc(Br)cc2[nH]c(-c3cccc(Br)c3F)nc12. The molecule has 0 fully saturated rings. The Bertz CT molecular complexity index is 780. The lowest BCUT2D eigenvalue weighted by Gasteiger charge is -2.00. The van der Waals surface area contributed by atoms with Gasteiger partial charge in [0.15, 0.2) is 0 Å². The summed E-state index contributed by atoms with van der Waals surface area (Å²) in [5.41, 5.74) is 3.25. The first-order valence-electron chi connectivity index (χ1n) is 5.66. The Morgan fingerprint density at radius 2 is 2.00 bits per heavy atom. The molecule has 0 amide bonds. The lowest BCUT2D eigenvalue weighted by atomic mass is 10.2. The van der Waals surface area contributed by atoms with Crippen LogP contribution < -0.4 is 0 Å². The van der Waals surface area contributed by atoms with Gasteiger partial charge in [-0.05, 0) is 52.7 Å². The highest BCUT2D eigenvalue weighted by molar-refractivity contribution is 9.10. The molecule has 0 saturated carbocycles. The van der Waals surface area contributed by atoms with Crippen LogP contribution in [-0.4, -0.2) is 9.97 Å². The highest BCUT2D eigenvalue weighted by Gasteiger charge is 2.13. The standard InChI is InChI=1S/C14H9Br2FN2/c1-7-5-8(15)6-11-13(7)19-14(18-11)9-3-2-4-10(16)12(9)17/h2-6H,1H3,(H,18,19). The van der Waals surface area contributed by atoms with Gasteiger partial charge in [-0.25, -0.2) is 9.37 Å². The molecule has 0 saturated heterocycles. The highest BCUT2D eigenvalue weighted by Crippen LogP contribution is 2.29. The van der Waals surface area contributed by atoms with E-state index in [4.69, 9.17) is 0 Å². The maximum Gasteiger partial charge on any atom is 0.148 e. The summed E-state index contributed by atoms with van der Waals surface area (Å²) in [7, 11) is 0. The Morgan fingerprint density at radius 1 is 1.21 bits per heavy atom. The third kappa shape index (κ3) is 2.21. The average molecular weight is 384 g/mol. The van der Waals surface area contributed by atoms with Gasteiger partial charge in [0.1, 0.15) is 11.6 Å². The van der Waals surface area contributed by atoms with Crippen molar-refractivity contribution < 1.29 is 4.39 Å². The van der Waals surface area contributed by atoms with Crippen LogP contribution in [0.25, 0.3) is 22.4 Å². The maximum atomic E-state index is 14.1. The Hall–Kier alpha value is -1.20. The van der Waals surface area contributed by atoms with E-state index in [2.05, 4.69) is 41.8 Å². The second-order valence-corrected chi connectivity index (χ2v) is 6.08. The van der Waals surface area contributed by atoms with Crippen molar-refractivity contribution in [2.24, 2.45) is 0 Å². The van der Waals surface area contributed by atoms with Crippen LogP contribution in [0.1, 0.15) is 5.56 Å². The zero-order valence-corrected chi connectivity index (χ0v) is 13.1. The van der Waals surface area contributed by atoms with Crippen molar-refractivity contribution in [3.63, 3.8) is 0 Å². The molecule has 3 rings (SSSR count). The second-order valence-electron chi connectivity index (χ2n) is 4.31. The Kier molecular flexibility index (Phi) is 3.19. The fourth-order valence-electron chi connectivity index (χ4n) is 2.06. The minimum Gasteiger partial charge on any atom is -0.338 e.